The highest BCUT2D eigenvalue weighted by atomic mass is 32.1. The number of thiazole rings is 1. The summed E-state index contributed by atoms with van der Waals surface area (Å²) < 4.78 is 6.80. The van der Waals surface area contributed by atoms with Gasteiger partial charge in [-0.15, -0.1) is 0 Å². The summed E-state index contributed by atoms with van der Waals surface area (Å²) in [7, 11) is 0. The Balaban J connectivity index is 1.73. The fraction of sp³-hybridized carbons (Fsp3) is 0.167. The molecule has 3 aromatic rings. The molecule has 0 unspecified atom stereocenters. The maximum Gasteiger partial charge on any atom is 0.338 e. The van der Waals surface area contributed by atoms with Crippen LogP contribution in [0.2, 0.25) is 0 Å². The molecule has 0 bridgehead atoms. The lowest BCUT2D eigenvalue weighted by molar-refractivity contribution is 0.0526. The van der Waals surface area contributed by atoms with Crippen molar-refractivity contribution >= 4 is 28.9 Å². The molecular weight excluding hydrogens is 338 g/mol. The standard InChI is InChI=1S/C18H17N3O3S/c1-3-24-17(23)13-6-8-14(9-7-13)20-16(22)15-12(2)19-18(25-15)21-10-4-5-11-21/h4-11H,3H2,1-2H3,(H,20,22). The van der Waals surface area contributed by atoms with Gasteiger partial charge >= 0.3 is 5.97 Å². The van der Waals surface area contributed by atoms with Gasteiger partial charge in [-0.3, -0.25) is 4.79 Å². The Morgan fingerprint density at radius 1 is 1.20 bits per heavy atom. The predicted molar refractivity (Wildman–Crippen MR) is 96.5 cm³/mol. The zero-order valence-corrected chi connectivity index (χ0v) is 14.7. The van der Waals surface area contributed by atoms with E-state index >= 15 is 0 Å². The molecule has 0 spiro atoms. The second-order valence-electron chi connectivity index (χ2n) is 5.25. The first-order chi connectivity index (χ1) is 12.1. The smallest absolute Gasteiger partial charge is 0.338 e. The summed E-state index contributed by atoms with van der Waals surface area (Å²) in [4.78, 5) is 29.1. The Kier molecular flexibility index (Phi) is 4.95. The topological polar surface area (TPSA) is 73.2 Å². The van der Waals surface area contributed by atoms with Gasteiger partial charge in [0.05, 0.1) is 17.9 Å². The second kappa shape index (κ2) is 7.31. The van der Waals surface area contributed by atoms with Crippen molar-refractivity contribution in [1.82, 2.24) is 9.55 Å². The molecule has 7 heteroatoms. The number of benzene rings is 1. The Labute approximate surface area is 149 Å². The minimum absolute atomic E-state index is 0.225. The van der Waals surface area contributed by atoms with Crippen molar-refractivity contribution in [3.8, 4) is 5.13 Å². The van der Waals surface area contributed by atoms with Crippen molar-refractivity contribution in [2.24, 2.45) is 0 Å². The highest BCUT2D eigenvalue weighted by Crippen LogP contribution is 2.23. The minimum Gasteiger partial charge on any atom is -0.462 e. The molecule has 0 atom stereocenters. The third-order valence-corrected chi connectivity index (χ3v) is 4.64. The Bertz CT molecular complexity index is 883. The fourth-order valence-electron chi connectivity index (χ4n) is 2.26. The summed E-state index contributed by atoms with van der Waals surface area (Å²) in [5, 5.41) is 3.57. The highest BCUT2D eigenvalue weighted by molar-refractivity contribution is 7.16. The normalized spacial score (nSPS) is 10.5. The molecule has 0 saturated heterocycles. The zero-order chi connectivity index (χ0) is 17.8. The maximum atomic E-state index is 12.5. The third kappa shape index (κ3) is 3.77. The second-order valence-corrected chi connectivity index (χ2v) is 6.23. The van der Waals surface area contributed by atoms with Gasteiger partial charge in [0.1, 0.15) is 4.88 Å². The van der Waals surface area contributed by atoms with E-state index < -0.39 is 0 Å². The molecule has 25 heavy (non-hydrogen) atoms. The quantitative estimate of drug-likeness (QED) is 0.709. The lowest BCUT2D eigenvalue weighted by atomic mass is 10.2. The van der Waals surface area contributed by atoms with Crippen molar-refractivity contribution in [2.45, 2.75) is 13.8 Å². The number of aromatic nitrogens is 2. The van der Waals surface area contributed by atoms with Crippen molar-refractivity contribution in [2.75, 3.05) is 11.9 Å². The van der Waals surface area contributed by atoms with E-state index in [-0.39, 0.29) is 11.9 Å². The minimum atomic E-state index is -0.380. The van der Waals surface area contributed by atoms with Crippen molar-refractivity contribution in [3.63, 3.8) is 0 Å². The summed E-state index contributed by atoms with van der Waals surface area (Å²) in [5.41, 5.74) is 1.73. The molecule has 0 saturated carbocycles. The van der Waals surface area contributed by atoms with Crippen molar-refractivity contribution in [1.29, 1.82) is 0 Å². The van der Waals surface area contributed by atoms with Crippen LogP contribution in [0, 0.1) is 6.92 Å². The van der Waals surface area contributed by atoms with Gasteiger partial charge in [0.15, 0.2) is 5.13 Å². The third-order valence-electron chi connectivity index (χ3n) is 3.47. The number of amides is 1. The number of nitrogens with zero attached hydrogens (tertiary/aromatic N) is 2. The van der Waals surface area contributed by atoms with E-state index in [1.54, 1.807) is 31.2 Å². The summed E-state index contributed by atoms with van der Waals surface area (Å²) in [6.07, 6.45) is 3.77. The Hall–Kier alpha value is -2.93. The number of ether oxygens (including phenoxy) is 1. The number of esters is 1. The molecule has 6 nitrogen and oxygen atoms in total. The van der Waals surface area contributed by atoms with Crippen LogP contribution in [-0.4, -0.2) is 28.0 Å². The summed E-state index contributed by atoms with van der Waals surface area (Å²) in [6.45, 7) is 3.89. The molecule has 3 rings (SSSR count). The number of anilines is 1. The highest BCUT2D eigenvalue weighted by Gasteiger charge is 2.16. The van der Waals surface area contributed by atoms with Gasteiger partial charge in [0.2, 0.25) is 0 Å². The molecule has 1 N–H and O–H groups in total. The predicted octanol–water partition coefficient (Wildman–Crippen LogP) is 3.67. The van der Waals surface area contributed by atoms with E-state index in [0.29, 0.717) is 28.4 Å². The number of nitrogens with one attached hydrogen (secondary N) is 1. The average molecular weight is 355 g/mol. The molecule has 0 fully saturated rings. The number of rotatable bonds is 5. The number of hydrogen-bond acceptors (Lipinski definition) is 5. The van der Waals surface area contributed by atoms with Crippen LogP contribution in [0.1, 0.15) is 32.6 Å². The van der Waals surface area contributed by atoms with Crippen LogP contribution < -0.4 is 5.32 Å². The Morgan fingerprint density at radius 3 is 2.52 bits per heavy atom. The molecule has 2 heterocycles. The number of carbonyl (C=O) groups excluding carboxylic acids is 2. The first kappa shape index (κ1) is 16.9. The van der Waals surface area contributed by atoms with E-state index in [0.717, 1.165) is 5.13 Å². The maximum absolute atomic E-state index is 12.5. The van der Waals surface area contributed by atoms with Gasteiger partial charge in [-0.2, -0.15) is 0 Å². The van der Waals surface area contributed by atoms with Crippen LogP contribution in [0.4, 0.5) is 5.69 Å². The zero-order valence-electron chi connectivity index (χ0n) is 13.9. The van der Waals surface area contributed by atoms with Crippen LogP contribution in [-0.2, 0) is 4.74 Å². The van der Waals surface area contributed by atoms with E-state index in [4.69, 9.17) is 4.74 Å². The van der Waals surface area contributed by atoms with Crippen molar-refractivity contribution in [3.05, 3.63) is 64.9 Å². The van der Waals surface area contributed by atoms with Crippen LogP contribution in [0.3, 0.4) is 0 Å². The summed E-state index contributed by atoms with van der Waals surface area (Å²) >= 11 is 1.32. The first-order valence-corrected chi connectivity index (χ1v) is 8.59. The number of carbonyl (C=O) groups is 2. The average Bonchev–Trinajstić information content (AvgIpc) is 3.25. The molecule has 0 aliphatic carbocycles. The largest absolute Gasteiger partial charge is 0.462 e. The van der Waals surface area contributed by atoms with Gasteiger partial charge in [-0.25, -0.2) is 9.78 Å². The lowest BCUT2D eigenvalue weighted by Crippen LogP contribution is -2.12. The van der Waals surface area contributed by atoms with Crippen molar-refractivity contribution < 1.29 is 14.3 Å². The van der Waals surface area contributed by atoms with E-state index in [2.05, 4.69) is 10.3 Å². The fourth-order valence-corrected chi connectivity index (χ4v) is 3.19. The first-order valence-electron chi connectivity index (χ1n) is 7.77. The molecule has 0 radical (unpaired) electrons. The molecule has 0 aliphatic heterocycles. The van der Waals surface area contributed by atoms with Crippen LogP contribution in [0.25, 0.3) is 5.13 Å². The number of hydrogen-bond donors (Lipinski definition) is 1. The van der Waals surface area contributed by atoms with E-state index in [9.17, 15) is 9.59 Å². The van der Waals surface area contributed by atoms with Gasteiger partial charge in [-0.05, 0) is 50.2 Å². The van der Waals surface area contributed by atoms with Gasteiger partial charge in [0, 0.05) is 18.1 Å². The van der Waals surface area contributed by atoms with E-state index in [1.165, 1.54) is 11.3 Å². The SMILES string of the molecule is CCOC(=O)c1ccc(NC(=O)c2sc(-n3cccc3)nc2C)cc1. The molecule has 1 aromatic carbocycles. The monoisotopic (exact) mass is 355 g/mol. The summed E-state index contributed by atoms with van der Waals surface area (Å²) in [6, 6.07) is 10.4. The molecule has 2 aromatic heterocycles. The molecule has 1 amide bonds. The summed E-state index contributed by atoms with van der Waals surface area (Å²) in [5.74, 6) is -0.604. The van der Waals surface area contributed by atoms with Crippen LogP contribution in [0.15, 0.2) is 48.8 Å². The van der Waals surface area contributed by atoms with Gasteiger partial charge in [0.25, 0.3) is 5.91 Å². The Morgan fingerprint density at radius 2 is 1.88 bits per heavy atom. The van der Waals surface area contributed by atoms with Crippen LogP contribution >= 0.6 is 11.3 Å². The molecule has 128 valence electrons. The van der Waals surface area contributed by atoms with E-state index in [1.807, 2.05) is 36.0 Å². The number of aryl methyl sites for hydroxylation is 1. The van der Waals surface area contributed by atoms with Gasteiger partial charge < -0.3 is 14.6 Å². The molecular formula is C18H17N3O3S. The van der Waals surface area contributed by atoms with Crippen LogP contribution in [0.5, 0.6) is 0 Å². The lowest BCUT2D eigenvalue weighted by Gasteiger charge is -2.05. The molecule has 0 aliphatic rings. The van der Waals surface area contributed by atoms with Gasteiger partial charge in [-0.1, -0.05) is 11.3 Å².